The fourth-order valence-electron chi connectivity index (χ4n) is 2.11. The molecule has 0 aliphatic heterocycles. The van der Waals surface area contributed by atoms with Crippen LogP contribution in [0, 0.1) is 11.8 Å². The Hall–Kier alpha value is -2.57. The lowest BCUT2D eigenvalue weighted by Gasteiger charge is -2.22. The fraction of sp³-hybridized carbons (Fsp3) is 0.250. The second-order valence-corrected chi connectivity index (χ2v) is 5.28. The quantitative estimate of drug-likeness (QED) is 0.518. The molecule has 118 valence electrons. The zero-order chi connectivity index (χ0) is 16.5. The molecule has 0 aromatic heterocycles. The van der Waals surface area contributed by atoms with Crippen LogP contribution in [0.15, 0.2) is 54.6 Å². The Labute approximate surface area is 138 Å². The van der Waals surface area contributed by atoms with Crippen molar-refractivity contribution in [2.75, 3.05) is 11.6 Å². The van der Waals surface area contributed by atoms with Crippen molar-refractivity contribution in [2.24, 2.45) is 0 Å². The summed E-state index contributed by atoms with van der Waals surface area (Å²) in [6.07, 6.45) is 2.12. The third kappa shape index (κ3) is 5.28. The van der Waals surface area contributed by atoms with E-state index in [0.29, 0.717) is 0 Å². The first-order valence-corrected chi connectivity index (χ1v) is 7.92. The molecule has 0 saturated heterocycles. The van der Waals surface area contributed by atoms with Crippen LogP contribution in [0.4, 0.5) is 5.69 Å². The highest BCUT2D eigenvalue weighted by Crippen LogP contribution is 2.13. The number of anilines is 1. The molecule has 23 heavy (non-hydrogen) atoms. The van der Waals surface area contributed by atoms with Gasteiger partial charge < -0.3 is 0 Å². The molecule has 2 rings (SSSR count). The van der Waals surface area contributed by atoms with Crippen molar-refractivity contribution in [1.29, 1.82) is 0 Å². The third-order valence-electron chi connectivity index (χ3n) is 3.37. The van der Waals surface area contributed by atoms with Gasteiger partial charge in [0.05, 0.1) is 5.69 Å². The van der Waals surface area contributed by atoms with Gasteiger partial charge in [0.25, 0.3) is 0 Å². The number of nitrogens with zero attached hydrogens (tertiary/aromatic N) is 1. The first-order valence-electron chi connectivity index (χ1n) is 7.92. The van der Waals surface area contributed by atoms with Gasteiger partial charge in [-0.1, -0.05) is 43.4 Å². The maximum Gasteiger partial charge on any atom is 0.238 e. The molecule has 0 unspecified atom stereocenters. The largest absolute Gasteiger partial charge is 0.273 e. The molecule has 1 amide bonds. The van der Waals surface area contributed by atoms with E-state index in [0.717, 1.165) is 36.2 Å². The molecule has 2 aromatic rings. The number of hydrazine groups is 1. The van der Waals surface area contributed by atoms with Gasteiger partial charge in [0.15, 0.2) is 0 Å². The molecular weight excluding hydrogens is 284 g/mol. The summed E-state index contributed by atoms with van der Waals surface area (Å²) in [5.41, 5.74) is 5.91. The highest BCUT2D eigenvalue weighted by Gasteiger charge is 2.10. The fourth-order valence-corrected chi connectivity index (χ4v) is 2.11. The van der Waals surface area contributed by atoms with Crippen LogP contribution in [0.5, 0.6) is 0 Å². The molecule has 3 nitrogen and oxygen atoms in total. The van der Waals surface area contributed by atoms with Gasteiger partial charge in [0.2, 0.25) is 5.91 Å². The highest BCUT2D eigenvalue weighted by atomic mass is 16.2. The normalized spacial score (nSPS) is 9.83. The molecule has 0 heterocycles. The summed E-state index contributed by atoms with van der Waals surface area (Å²) in [6.45, 7) is 4.47. The minimum absolute atomic E-state index is 0.0239. The van der Waals surface area contributed by atoms with Crippen molar-refractivity contribution < 1.29 is 4.79 Å². The second kappa shape index (κ2) is 8.77. The van der Waals surface area contributed by atoms with Crippen LogP contribution in [0.25, 0.3) is 0 Å². The van der Waals surface area contributed by atoms with Crippen molar-refractivity contribution >= 4 is 11.6 Å². The molecule has 1 N–H and O–H groups in total. The summed E-state index contributed by atoms with van der Waals surface area (Å²) >= 11 is 0. The van der Waals surface area contributed by atoms with E-state index in [4.69, 9.17) is 0 Å². The molecule has 0 bridgehead atoms. The van der Waals surface area contributed by atoms with Crippen molar-refractivity contribution in [3.8, 4) is 11.8 Å². The predicted molar refractivity (Wildman–Crippen MR) is 94.9 cm³/mol. The lowest BCUT2D eigenvalue weighted by molar-refractivity contribution is -0.117. The van der Waals surface area contributed by atoms with Gasteiger partial charge >= 0.3 is 0 Å². The zero-order valence-corrected chi connectivity index (χ0v) is 13.7. The highest BCUT2D eigenvalue weighted by molar-refractivity contribution is 5.90. The number of hydrogen-bond donors (Lipinski definition) is 1. The maximum atomic E-state index is 11.8. The number of nitrogens with one attached hydrogen (secondary N) is 1. The lowest BCUT2D eigenvalue weighted by atomic mass is 10.1. The monoisotopic (exact) mass is 306 g/mol. The van der Waals surface area contributed by atoms with E-state index in [1.807, 2.05) is 54.6 Å². The number of benzene rings is 2. The summed E-state index contributed by atoms with van der Waals surface area (Å²) in [5, 5.41) is 1.59. The van der Waals surface area contributed by atoms with E-state index in [-0.39, 0.29) is 5.91 Å². The Balaban J connectivity index is 2.08. The van der Waals surface area contributed by atoms with E-state index >= 15 is 0 Å². The molecule has 0 aliphatic carbocycles. The number of carbonyl (C=O) groups excluding carboxylic acids is 1. The number of rotatable bonds is 5. The van der Waals surface area contributed by atoms with E-state index in [1.165, 1.54) is 0 Å². The molecule has 0 spiro atoms. The molecule has 0 radical (unpaired) electrons. The van der Waals surface area contributed by atoms with E-state index in [1.54, 1.807) is 11.9 Å². The van der Waals surface area contributed by atoms with Gasteiger partial charge in [0.1, 0.15) is 0 Å². The predicted octanol–water partition coefficient (Wildman–Crippen LogP) is 3.74. The SMILES string of the molecule is CCCCNN(C(C)=O)c1ccc(C#Cc2ccccc2)cc1. The summed E-state index contributed by atoms with van der Waals surface area (Å²) in [5.74, 6) is 6.24. The van der Waals surface area contributed by atoms with Crippen LogP contribution in [0.1, 0.15) is 37.8 Å². The Morgan fingerprint density at radius 3 is 2.17 bits per heavy atom. The van der Waals surface area contributed by atoms with Crippen LogP contribution >= 0.6 is 0 Å². The summed E-state index contributed by atoms with van der Waals surface area (Å²) < 4.78 is 0. The van der Waals surface area contributed by atoms with Crippen molar-refractivity contribution in [1.82, 2.24) is 5.43 Å². The summed E-state index contributed by atoms with van der Waals surface area (Å²) in [7, 11) is 0. The smallest absolute Gasteiger partial charge is 0.238 e. The van der Waals surface area contributed by atoms with E-state index in [2.05, 4.69) is 24.2 Å². The van der Waals surface area contributed by atoms with Gasteiger partial charge in [-0.05, 0) is 42.8 Å². The average molecular weight is 306 g/mol. The topological polar surface area (TPSA) is 32.3 Å². The van der Waals surface area contributed by atoms with Crippen molar-refractivity contribution in [2.45, 2.75) is 26.7 Å². The van der Waals surface area contributed by atoms with E-state index in [9.17, 15) is 4.79 Å². The van der Waals surface area contributed by atoms with Gasteiger partial charge in [-0.2, -0.15) is 0 Å². The maximum absolute atomic E-state index is 11.8. The van der Waals surface area contributed by atoms with E-state index < -0.39 is 0 Å². The van der Waals surface area contributed by atoms with Crippen LogP contribution in [0.2, 0.25) is 0 Å². The van der Waals surface area contributed by atoms with Crippen LogP contribution in [-0.4, -0.2) is 12.5 Å². The van der Waals surface area contributed by atoms with Gasteiger partial charge in [-0.15, -0.1) is 0 Å². The van der Waals surface area contributed by atoms with Crippen LogP contribution < -0.4 is 10.4 Å². The minimum atomic E-state index is -0.0239. The third-order valence-corrected chi connectivity index (χ3v) is 3.37. The minimum Gasteiger partial charge on any atom is -0.273 e. The molecule has 0 atom stereocenters. The van der Waals surface area contributed by atoms with Gasteiger partial charge in [-0.25, -0.2) is 10.4 Å². The number of unbranched alkanes of at least 4 members (excludes halogenated alkanes) is 1. The Bertz CT molecular complexity index is 681. The summed E-state index contributed by atoms with van der Waals surface area (Å²) in [6, 6.07) is 17.6. The number of carbonyl (C=O) groups is 1. The van der Waals surface area contributed by atoms with Gasteiger partial charge in [0, 0.05) is 24.6 Å². The number of hydrogen-bond acceptors (Lipinski definition) is 2. The molecule has 0 fully saturated rings. The molecular formula is C20H22N2O. The van der Waals surface area contributed by atoms with Crippen LogP contribution in [-0.2, 0) is 4.79 Å². The number of amides is 1. The molecule has 3 heteroatoms. The summed E-state index contributed by atoms with van der Waals surface area (Å²) in [4.78, 5) is 11.8. The van der Waals surface area contributed by atoms with Crippen molar-refractivity contribution in [3.63, 3.8) is 0 Å². The average Bonchev–Trinajstić information content (AvgIpc) is 2.58. The lowest BCUT2D eigenvalue weighted by Crippen LogP contribution is -2.42. The molecule has 2 aromatic carbocycles. The van der Waals surface area contributed by atoms with Crippen LogP contribution in [0.3, 0.4) is 0 Å². The molecule has 0 saturated carbocycles. The van der Waals surface area contributed by atoms with Gasteiger partial charge in [-0.3, -0.25) is 4.79 Å². The zero-order valence-electron chi connectivity index (χ0n) is 13.7. The standard InChI is InChI=1S/C20H22N2O/c1-3-4-16-21-22(17(2)23)20-14-12-19(13-15-20)11-10-18-8-6-5-7-9-18/h5-9,12-15,21H,3-4,16H2,1-2H3. The Kier molecular flexibility index (Phi) is 6.40. The first-order chi connectivity index (χ1) is 11.2. The molecule has 0 aliphatic rings. The van der Waals surface area contributed by atoms with Crippen molar-refractivity contribution in [3.05, 3.63) is 65.7 Å². The second-order valence-electron chi connectivity index (χ2n) is 5.28. The Morgan fingerprint density at radius 1 is 1.00 bits per heavy atom. The Morgan fingerprint density at radius 2 is 1.61 bits per heavy atom. The first kappa shape index (κ1) is 16.8.